The molecule has 0 spiro atoms. The monoisotopic (exact) mass is 384 g/mol. The van der Waals surface area contributed by atoms with Crippen LogP contribution in [0.15, 0.2) is 30.3 Å². The molecule has 1 aliphatic rings. The van der Waals surface area contributed by atoms with Crippen molar-refractivity contribution in [1.82, 2.24) is 10.2 Å². The molecule has 0 unspecified atom stereocenters. The van der Waals surface area contributed by atoms with Gasteiger partial charge in [0.15, 0.2) is 9.84 Å². The number of halogens is 1. The number of amides is 2. The number of piperidine rings is 1. The molecule has 0 saturated carbocycles. The lowest BCUT2D eigenvalue weighted by atomic mass is 10.1. The van der Waals surface area contributed by atoms with Gasteiger partial charge in [-0.25, -0.2) is 8.42 Å². The van der Waals surface area contributed by atoms with Crippen molar-refractivity contribution in [2.45, 2.75) is 18.1 Å². The van der Waals surface area contributed by atoms with E-state index in [-0.39, 0.29) is 5.91 Å². The van der Waals surface area contributed by atoms with Crippen LogP contribution in [0.4, 0.5) is 0 Å². The van der Waals surface area contributed by atoms with Gasteiger partial charge in [-0.05, 0) is 36.6 Å². The predicted molar refractivity (Wildman–Crippen MR) is 97.9 cm³/mol. The van der Waals surface area contributed by atoms with Crippen molar-refractivity contribution >= 4 is 39.3 Å². The largest absolute Gasteiger partial charge is 0.358 e. The van der Waals surface area contributed by atoms with Gasteiger partial charge >= 0.3 is 0 Å². The topological polar surface area (TPSA) is 83.6 Å². The average molecular weight is 385 g/mol. The first-order chi connectivity index (χ1) is 11.8. The molecule has 1 aromatic rings. The predicted octanol–water partition coefficient (Wildman–Crippen LogP) is 1.51. The number of likely N-dealkylation sites (tertiary alicyclic amines) is 1. The van der Waals surface area contributed by atoms with E-state index in [9.17, 15) is 18.0 Å². The van der Waals surface area contributed by atoms with Gasteiger partial charge in [0.1, 0.15) is 5.75 Å². The van der Waals surface area contributed by atoms with Gasteiger partial charge < -0.3 is 10.2 Å². The summed E-state index contributed by atoms with van der Waals surface area (Å²) in [5.41, 5.74) is 0.862. The van der Waals surface area contributed by atoms with Gasteiger partial charge in [0.25, 0.3) is 0 Å². The number of sulfone groups is 1. The van der Waals surface area contributed by atoms with Crippen LogP contribution >= 0.6 is 11.6 Å². The van der Waals surface area contributed by atoms with Gasteiger partial charge in [0.2, 0.25) is 11.8 Å². The Bertz CT molecular complexity index is 751. The Kier molecular flexibility index (Phi) is 6.61. The van der Waals surface area contributed by atoms with Crippen LogP contribution in [0.2, 0.25) is 5.02 Å². The lowest BCUT2D eigenvalue weighted by Gasteiger charge is -2.30. The van der Waals surface area contributed by atoms with Crippen LogP contribution in [-0.4, -0.2) is 56.3 Å². The Morgan fingerprint density at radius 3 is 2.40 bits per heavy atom. The quantitative estimate of drug-likeness (QED) is 0.780. The minimum Gasteiger partial charge on any atom is -0.358 e. The molecule has 1 saturated heterocycles. The zero-order chi connectivity index (χ0) is 18.4. The first-order valence-electron chi connectivity index (χ1n) is 7.96. The molecule has 1 aromatic carbocycles. The van der Waals surface area contributed by atoms with E-state index in [1.165, 1.54) is 13.1 Å². The lowest BCUT2D eigenvalue weighted by molar-refractivity contribution is -0.126. The summed E-state index contributed by atoms with van der Waals surface area (Å²) in [7, 11) is -2.07. The van der Waals surface area contributed by atoms with Gasteiger partial charge in [-0.3, -0.25) is 9.59 Å². The van der Waals surface area contributed by atoms with Crippen molar-refractivity contribution in [3.8, 4) is 0 Å². The molecule has 1 aliphatic heterocycles. The van der Waals surface area contributed by atoms with E-state index >= 15 is 0 Å². The third-order valence-electron chi connectivity index (χ3n) is 4.16. The smallest absolute Gasteiger partial charge is 0.246 e. The number of carbonyl (C=O) groups excluding carboxylic acids is 2. The van der Waals surface area contributed by atoms with E-state index in [4.69, 9.17) is 11.6 Å². The molecule has 1 fully saturated rings. The third-order valence-corrected chi connectivity index (χ3v) is 6.56. The fourth-order valence-corrected chi connectivity index (χ4v) is 4.46. The zero-order valence-corrected chi connectivity index (χ0v) is 15.5. The number of nitrogens with one attached hydrogen (secondary N) is 1. The zero-order valence-electron chi connectivity index (χ0n) is 13.9. The second kappa shape index (κ2) is 8.49. The Morgan fingerprint density at radius 1 is 1.24 bits per heavy atom. The standard InChI is InChI=1S/C17H21ClN2O4S/c1-19-16(21)12-25(23,24)15-8-10-20(11-9-15)17(22)7-4-13-2-5-14(18)6-3-13/h2-7,15H,8-12H2,1H3,(H,19,21)/b7-4+. The molecule has 0 bridgehead atoms. The van der Waals surface area contributed by atoms with Gasteiger partial charge in [-0.2, -0.15) is 0 Å². The Labute approximate surface area is 152 Å². The molecule has 1 heterocycles. The maximum Gasteiger partial charge on any atom is 0.246 e. The van der Waals surface area contributed by atoms with E-state index in [0.717, 1.165) is 5.56 Å². The maximum atomic E-state index is 12.2. The third kappa shape index (κ3) is 5.57. The highest BCUT2D eigenvalue weighted by Gasteiger charge is 2.32. The summed E-state index contributed by atoms with van der Waals surface area (Å²) < 4.78 is 24.4. The summed E-state index contributed by atoms with van der Waals surface area (Å²) in [5, 5.41) is 2.38. The molecule has 0 aromatic heterocycles. The number of benzene rings is 1. The summed E-state index contributed by atoms with van der Waals surface area (Å²) in [6, 6.07) is 7.11. The first kappa shape index (κ1) is 19.5. The van der Waals surface area contributed by atoms with Crippen LogP contribution < -0.4 is 5.32 Å². The molecule has 0 atom stereocenters. The molecule has 0 aliphatic carbocycles. The minimum atomic E-state index is -3.48. The molecule has 6 nitrogen and oxygen atoms in total. The van der Waals surface area contributed by atoms with Gasteiger partial charge in [0, 0.05) is 31.2 Å². The molecule has 25 heavy (non-hydrogen) atoms. The van der Waals surface area contributed by atoms with Crippen molar-refractivity contribution in [3.05, 3.63) is 40.9 Å². The van der Waals surface area contributed by atoms with E-state index < -0.39 is 26.7 Å². The van der Waals surface area contributed by atoms with E-state index in [1.54, 1.807) is 23.1 Å². The SMILES string of the molecule is CNC(=O)CS(=O)(=O)C1CCN(C(=O)/C=C/c2ccc(Cl)cc2)CC1. The van der Waals surface area contributed by atoms with Gasteiger partial charge in [0.05, 0.1) is 5.25 Å². The van der Waals surface area contributed by atoms with Crippen LogP contribution in [0.5, 0.6) is 0 Å². The normalized spacial score (nSPS) is 16.2. The van der Waals surface area contributed by atoms with E-state index in [0.29, 0.717) is 31.0 Å². The van der Waals surface area contributed by atoms with Crippen molar-refractivity contribution in [3.63, 3.8) is 0 Å². The summed E-state index contributed by atoms with van der Waals surface area (Å²) in [6.45, 7) is 0.725. The second-order valence-corrected chi connectivity index (χ2v) is 8.61. The van der Waals surface area contributed by atoms with Crippen molar-refractivity contribution in [2.75, 3.05) is 25.9 Å². The fourth-order valence-electron chi connectivity index (χ4n) is 2.65. The molecule has 2 rings (SSSR count). The summed E-state index contributed by atoms with van der Waals surface area (Å²) in [5.74, 6) is -1.17. The molecular weight excluding hydrogens is 364 g/mol. The summed E-state index contributed by atoms with van der Waals surface area (Å²) >= 11 is 5.81. The highest BCUT2D eigenvalue weighted by molar-refractivity contribution is 7.92. The van der Waals surface area contributed by atoms with E-state index in [2.05, 4.69) is 5.32 Å². The number of carbonyl (C=O) groups is 2. The molecule has 136 valence electrons. The fraction of sp³-hybridized carbons (Fsp3) is 0.412. The van der Waals surface area contributed by atoms with Crippen molar-refractivity contribution in [1.29, 1.82) is 0 Å². The molecule has 2 amide bonds. The Morgan fingerprint density at radius 2 is 1.84 bits per heavy atom. The highest BCUT2D eigenvalue weighted by atomic mass is 35.5. The second-order valence-electron chi connectivity index (χ2n) is 5.89. The van der Waals surface area contributed by atoms with Crippen LogP contribution in [0.1, 0.15) is 18.4 Å². The van der Waals surface area contributed by atoms with Crippen LogP contribution in [-0.2, 0) is 19.4 Å². The number of nitrogens with zero attached hydrogens (tertiary/aromatic N) is 1. The molecule has 1 N–H and O–H groups in total. The maximum absolute atomic E-state index is 12.2. The van der Waals surface area contributed by atoms with Crippen molar-refractivity contribution < 1.29 is 18.0 Å². The van der Waals surface area contributed by atoms with Crippen LogP contribution in [0, 0.1) is 0 Å². The molecule has 0 radical (unpaired) electrons. The van der Waals surface area contributed by atoms with Crippen molar-refractivity contribution in [2.24, 2.45) is 0 Å². The van der Waals surface area contributed by atoms with Gasteiger partial charge in [-0.1, -0.05) is 23.7 Å². The Balaban J connectivity index is 1.89. The highest BCUT2D eigenvalue weighted by Crippen LogP contribution is 2.19. The summed E-state index contributed by atoms with van der Waals surface area (Å²) in [4.78, 5) is 25.2. The molecule has 8 heteroatoms. The van der Waals surface area contributed by atoms with Crippen LogP contribution in [0.25, 0.3) is 6.08 Å². The van der Waals surface area contributed by atoms with E-state index in [1.807, 2.05) is 12.1 Å². The first-order valence-corrected chi connectivity index (χ1v) is 10.1. The van der Waals surface area contributed by atoms with Crippen LogP contribution in [0.3, 0.4) is 0 Å². The number of hydrogen-bond donors (Lipinski definition) is 1. The minimum absolute atomic E-state index is 0.155. The summed E-state index contributed by atoms with van der Waals surface area (Å²) in [6.07, 6.45) is 3.87. The number of hydrogen-bond acceptors (Lipinski definition) is 4. The number of rotatable bonds is 5. The molecular formula is C17H21ClN2O4S. The van der Waals surface area contributed by atoms with Gasteiger partial charge in [-0.15, -0.1) is 0 Å². The Hall–Kier alpha value is -1.86. The average Bonchev–Trinajstić information content (AvgIpc) is 2.60. The lowest BCUT2D eigenvalue weighted by Crippen LogP contribution is -2.43.